The van der Waals surface area contributed by atoms with Crippen LogP contribution in [0.25, 0.3) is 0 Å². The van der Waals surface area contributed by atoms with Gasteiger partial charge in [-0.05, 0) is 18.1 Å². The smallest absolute Gasteiger partial charge is 0.335 e. The van der Waals surface area contributed by atoms with Crippen LogP contribution in [0, 0.1) is 0 Å². The van der Waals surface area contributed by atoms with Crippen molar-refractivity contribution in [2.45, 2.75) is 43.5 Å². The molecule has 0 amide bonds. The average Bonchev–Trinajstić information content (AvgIpc) is 2.60. The third-order valence-corrected chi connectivity index (χ3v) is 4.03. The van der Waals surface area contributed by atoms with E-state index in [-0.39, 0.29) is 35.7 Å². The number of phenols is 1. The molecular formula is C16H20O11. The lowest BCUT2D eigenvalue weighted by Gasteiger charge is -2.38. The number of ether oxygens (including phenoxy) is 3. The molecule has 11 heteroatoms. The van der Waals surface area contributed by atoms with E-state index in [1.807, 2.05) is 0 Å². The number of aliphatic hydroxyl groups is 3. The van der Waals surface area contributed by atoms with E-state index in [2.05, 4.69) is 0 Å². The lowest BCUT2D eigenvalue weighted by molar-refractivity contribution is -0.271. The van der Waals surface area contributed by atoms with Gasteiger partial charge in [0.2, 0.25) is 6.29 Å². The highest BCUT2D eigenvalue weighted by molar-refractivity contribution is 5.73. The SMILES string of the molecule is COc1cc(CCC(=O)O)c(O)cc1OC1OC(C(=O)O)C(O)C(O)C1O. The summed E-state index contributed by atoms with van der Waals surface area (Å²) in [7, 11) is 1.27. The zero-order chi connectivity index (χ0) is 20.3. The van der Waals surface area contributed by atoms with Crippen LogP contribution in [0.15, 0.2) is 12.1 Å². The predicted octanol–water partition coefficient (Wildman–Crippen LogP) is -1.31. The Hall–Kier alpha value is -2.60. The highest BCUT2D eigenvalue weighted by Gasteiger charge is 2.48. The molecule has 0 spiro atoms. The number of aromatic hydroxyl groups is 1. The average molecular weight is 388 g/mol. The quantitative estimate of drug-likeness (QED) is 0.326. The van der Waals surface area contributed by atoms with Crippen molar-refractivity contribution in [3.05, 3.63) is 17.7 Å². The van der Waals surface area contributed by atoms with E-state index in [9.17, 15) is 30.0 Å². The number of aliphatic carboxylic acids is 2. The molecule has 1 fully saturated rings. The predicted molar refractivity (Wildman–Crippen MR) is 85.6 cm³/mol. The fourth-order valence-corrected chi connectivity index (χ4v) is 2.56. The number of carbonyl (C=O) groups is 2. The molecule has 5 atom stereocenters. The fourth-order valence-electron chi connectivity index (χ4n) is 2.56. The highest BCUT2D eigenvalue weighted by Crippen LogP contribution is 2.37. The molecule has 1 aliphatic heterocycles. The number of methoxy groups -OCH3 is 1. The molecule has 5 unspecified atom stereocenters. The first kappa shape index (κ1) is 20.7. The number of hydrogen-bond donors (Lipinski definition) is 6. The molecule has 1 saturated heterocycles. The maximum Gasteiger partial charge on any atom is 0.335 e. The largest absolute Gasteiger partial charge is 0.508 e. The number of phenolic OH excluding ortho intramolecular Hbond substituents is 1. The van der Waals surface area contributed by atoms with Gasteiger partial charge >= 0.3 is 11.9 Å². The van der Waals surface area contributed by atoms with Crippen LogP contribution in [0.3, 0.4) is 0 Å². The molecule has 1 aromatic carbocycles. The van der Waals surface area contributed by atoms with Crippen LogP contribution in [-0.2, 0) is 20.7 Å². The van der Waals surface area contributed by atoms with Gasteiger partial charge in [-0.2, -0.15) is 0 Å². The first-order valence-corrected chi connectivity index (χ1v) is 7.86. The minimum absolute atomic E-state index is 0.0202. The molecule has 0 radical (unpaired) electrons. The van der Waals surface area contributed by atoms with Crippen LogP contribution < -0.4 is 9.47 Å². The van der Waals surface area contributed by atoms with Crippen molar-refractivity contribution in [1.29, 1.82) is 0 Å². The molecule has 2 rings (SSSR count). The summed E-state index contributed by atoms with van der Waals surface area (Å²) in [6.07, 6.45) is -9.23. The maximum absolute atomic E-state index is 11.1. The first-order valence-electron chi connectivity index (χ1n) is 7.86. The second-order valence-electron chi connectivity index (χ2n) is 5.88. The molecule has 27 heavy (non-hydrogen) atoms. The van der Waals surface area contributed by atoms with Gasteiger partial charge in [0.25, 0.3) is 0 Å². The molecule has 0 aliphatic carbocycles. The van der Waals surface area contributed by atoms with Crippen LogP contribution in [0.4, 0.5) is 0 Å². The topological polar surface area (TPSA) is 183 Å². The Morgan fingerprint density at radius 1 is 1.07 bits per heavy atom. The van der Waals surface area contributed by atoms with Gasteiger partial charge in [-0.25, -0.2) is 4.79 Å². The van der Waals surface area contributed by atoms with E-state index in [4.69, 9.17) is 24.4 Å². The maximum atomic E-state index is 11.1. The van der Waals surface area contributed by atoms with E-state index < -0.39 is 42.6 Å². The number of benzene rings is 1. The third-order valence-electron chi connectivity index (χ3n) is 4.03. The van der Waals surface area contributed by atoms with E-state index in [0.717, 1.165) is 6.07 Å². The summed E-state index contributed by atoms with van der Waals surface area (Å²) in [5.74, 6) is -3.03. The van der Waals surface area contributed by atoms with Crippen molar-refractivity contribution in [2.24, 2.45) is 0 Å². The normalized spacial score (nSPS) is 27.8. The van der Waals surface area contributed by atoms with E-state index in [1.165, 1.54) is 13.2 Å². The summed E-state index contributed by atoms with van der Waals surface area (Å²) in [6.45, 7) is 0. The number of aryl methyl sites for hydroxylation is 1. The fraction of sp³-hybridized carbons (Fsp3) is 0.500. The van der Waals surface area contributed by atoms with Gasteiger partial charge in [-0.1, -0.05) is 0 Å². The summed E-state index contributed by atoms with van der Waals surface area (Å²) in [5, 5.41) is 57.3. The second-order valence-corrected chi connectivity index (χ2v) is 5.88. The number of aliphatic hydroxyl groups excluding tert-OH is 3. The second kappa shape index (κ2) is 8.39. The molecular weight excluding hydrogens is 368 g/mol. The van der Waals surface area contributed by atoms with E-state index >= 15 is 0 Å². The van der Waals surface area contributed by atoms with Gasteiger partial charge in [-0.15, -0.1) is 0 Å². The van der Waals surface area contributed by atoms with Crippen LogP contribution in [0.1, 0.15) is 12.0 Å². The molecule has 0 saturated carbocycles. The van der Waals surface area contributed by atoms with E-state index in [0.29, 0.717) is 0 Å². The third kappa shape index (κ3) is 4.57. The number of rotatable bonds is 7. The molecule has 11 nitrogen and oxygen atoms in total. The zero-order valence-corrected chi connectivity index (χ0v) is 14.2. The summed E-state index contributed by atoms with van der Waals surface area (Å²) < 4.78 is 15.4. The minimum Gasteiger partial charge on any atom is -0.508 e. The first-order chi connectivity index (χ1) is 12.6. The van der Waals surface area contributed by atoms with Crippen LogP contribution in [0.2, 0.25) is 0 Å². The Balaban J connectivity index is 2.25. The summed E-state index contributed by atoms with van der Waals surface area (Å²) >= 11 is 0. The number of carboxylic acids is 2. The van der Waals surface area contributed by atoms with Crippen LogP contribution in [-0.4, -0.2) is 80.4 Å². The molecule has 1 heterocycles. The van der Waals surface area contributed by atoms with E-state index in [1.54, 1.807) is 0 Å². The standard InChI is InChI=1S/C16H20O11/c1-25-8-4-6(2-3-10(18)19)7(17)5-9(8)26-16-13(22)11(20)12(21)14(27-16)15(23)24/h4-5,11-14,16-17,20-22H,2-3H2,1H3,(H,18,19)(H,23,24). The molecule has 0 bridgehead atoms. The Labute approximate surface area is 153 Å². The Kier molecular flexibility index (Phi) is 6.44. The van der Waals surface area contributed by atoms with Gasteiger partial charge in [0.05, 0.1) is 7.11 Å². The molecule has 1 aliphatic rings. The minimum atomic E-state index is -1.87. The van der Waals surface area contributed by atoms with Crippen molar-refractivity contribution < 1.29 is 54.4 Å². The van der Waals surface area contributed by atoms with Crippen LogP contribution in [0.5, 0.6) is 17.2 Å². The molecule has 1 aromatic rings. The highest BCUT2D eigenvalue weighted by atomic mass is 16.7. The summed E-state index contributed by atoms with van der Waals surface area (Å²) in [4.78, 5) is 21.8. The van der Waals surface area contributed by atoms with Crippen molar-refractivity contribution >= 4 is 11.9 Å². The van der Waals surface area contributed by atoms with Crippen molar-refractivity contribution in [2.75, 3.05) is 7.11 Å². The van der Waals surface area contributed by atoms with Gasteiger partial charge in [-0.3, -0.25) is 4.79 Å². The Bertz CT molecular complexity index is 704. The van der Waals surface area contributed by atoms with Crippen molar-refractivity contribution in [3.63, 3.8) is 0 Å². The van der Waals surface area contributed by atoms with Gasteiger partial charge in [0.15, 0.2) is 17.6 Å². The molecule has 150 valence electrons. The molecule has 0 aromatic heterocycles. The lowest BCUT2D eigenvalue weighted by atomic mass is 9.99. The zero-order valence-electron chi connectivity index (χ0n) is 14.2. The van der Waals surface area contributed by atoms with Gasteiger partial charge in [0.1, 0.15) is 24.1 Å². The number of carboxylic acid groups (broad SMARTS) is 2. The molecule has 6 N–H and O–H groups in total. The summed E-state index contributed by atoms with van der Waals surface area (Å²) in [6, 6.07) is 2.40. The van der Waals surface area contributed by atoms with Crippen LogP contribution >= 0.6 is 0 Å². The lowest BCUT2D eigenvalue weighted by Crippen LogP contribution is -2.61. The van der Waals surface area contributed by atoms with Gasteiger partial charge in [0, 0.05) is 12.5 Å². The van der Waals surface area contributed by atoms with Gasteiger partial charge < -0.3 is 44.8 Å². The monoisotopic (exact) mass is 388 g/mol. The number of hydrogen-bond acceptors (Lipinski definition) is 9. The Morgan fingerprint density at radius 2 is 1.74 bits per heavy atom. The summed E-state index contributed by atoms with van der Waals surface area (Å²) in [5.41, 5.74) is 0.269. The van der Waals surface area contributed by atoms with Crippen molar-refractivity contribution in [1.82, 2.24) is 0 Å². The Morgan fingerprint density at radius 3 is 2.30 bits per heavy atom. The van der Waals surface area contributed by atoms with Crippen molar-refractivity contribution in [3.8, 4) is 17.2 Å².